The Balaban J connectivity index is 1.56. The van der Waals surface area contributed by atoms with Gasteiger partial charge in [0, 0.05) is 18.7 Å². The maximum absolute atomic E-state index is 13.4. The maximum Gasteiger partial charge on any atom is 0.228 e. The molecule has 0 spiro atoms. The number of fused-ring (bicyclic) bond motifs is 2. The highest BCUT2D eigenvalue weighted by molar-refractivity contribution is 6.01. The van der Waals surface area contributed by atoms with Gasteiger partial charge in [-0.15, -0.1) is 0 Å². The van der Waals surface area contributed by atoms with E-state index in [9.17, 15) is 14.0 Å². The highest BCUT2D eigenvalue weighted by Crippen LogP contribution is 2.32. The predicted octanol–water partition coefficient (Wildman–Crippen LogP) is 2.94. The van der Waals surface area contributed by atoms with Gasteiger partial charge in [0.15, 0.2) is 0 Å². The number of rotatable bonds is 4. The number of halogens is 1. The second-order valence-corrected chi connectivity index (χ2v) is 6.52. The molecule has 0 saturated carbocycles. The minimum absolute atomic E-state index is 0.0364. The molecule has 27 heavy (non-hydrogen) atoms. The molecular formula is C20H19FN4O2. The molecule has 2 N–H and O–H groups in total. The van der Waals surface area contributed by atoms with Crippen LogP contribution < -0.4 is 10.6 Å². The van der Waals surface area contributed by atoms with Gasteiger partial charge in [0.05, 0.1) is 23.5 Å². The van der Waals surface area contributed by atoms with E-state index in [0.29, 0.717) is 11.3 Å². The highest BCUT2D eigenvalue weighted by Gasteiger charge is 2.31. The van der Waals surface area contributed by atoms with E-state index in [1.54, 1.807) is 6.07 Å². The molecule has 1 atom stereocenters. The first-order chi connectivity index (χ1) is 13.1. The van der Waals surface area contributed by atoms with Crippen molar-refractivity contribution in [1.82, 2.24) is 14.9 Å². The second-order valence-electron chi connectivity index (χ2n) is 6.52. The summed E-state index contributed by atoms with van der Waals surface area (Å²) in [6, 6.07) is 11.9. The van der Waals surface area contributed by atoms with Crippen LogP contribution in [-0.4, -0.2) is 21.4 Å². The zero-order chi connectivity index (χ0) is 19.0. The number of imidazole rings is 1. The van der Waals surface area contributed by atoms with E-state index in [2.05, 4.69) is 15.6 Å². The number of carbonyl (C=O) groups excluding carboxylic acids is 2. The molecule has 0 unspecified atom stereocenters. The molecule has 1 aliphatic heterocycles. The fraction of sp³-hybridized carbons (Fsp3) is 0.250. The number of aromatic nitrogens is 2. The Morgan fingerprint density at radius 3 is 2.96 bits per heavy atom. The first-order valence-corrected chi connectivity index (χ1v) is 8.88. The van der Waals surface area contributed by atoms with Gasteiger partial charge in [0.1, 0.15) is 11.6 Å². The summed E-state index contributed by atoms with van der Waals surface area (Å²) in [5.74, 6) is -0.909. The third kappa shape index (κ3) is 3.16. The van der Waals surface area contributed by atoms with Crippen molar-refractivity contribution in [1.29, 1.82) is 0 Å². The number of amides is 2. The van der Waals surface area contributed by atoms with E-state index in [0.717, 1.165) is 23.4 Å². The summed E-state index contributed by atoms with van der Waals surface area (Å²) >= 11 is 0. The van der Waals surface area contributed by atoms with Crippen LogP contribution >= 0.6 is 0 Å². The predicted molar refractivity (Wildman–Crippen MR) is 99.6 cm³/mol. The van der Waals surface area contributed by atoms with Gasteiger partial charge in [-0.25, -0.2) is 9.37 Å². The van der Waals surface area contributed by atoms with Gasteiger partial charge < -0.3 is 15.2 Å². The van der Waals surface area contributed by atoms with Gasteiger partial charge in [-0.2, -0.15) is 0 Å². The zero-order valence-electron chi connectivity index (χ0n) is 14.8. The van der Waals surface area contributed by atoms with Gasteiger partial charge in [0.25, 0.3) is 0 Å². The number of hydrogen-bond acceptors (Lipinski definition) is 3. The summed E-state index contributed by atoms with van der Waals surface area (Å²) < 4.78 is 15.5. The fourth-order valence-electron chi connectivity index (χ4n) is 3.57. The molecule has 7 heteroatoms. The molecule has 2 heterocycles. The van der Waals surface area contributed by atoms with Crippen molar-refractivity contribution in [2.75, 3.05) is 5.32 Å². The molecule has 2 amide bonds. The van der Waals surface area contributed by atoms with E-state index in [-0.39, 0.29) is 24.8 Å². The van der Waals surface area contributed by atoms with Gasteiger partial charge in [-0.1, -0.05) is 18.2 Å². The second kappa shape index (κ2) is 6.83. The average molecular weight is 366 g/mol. The lowest BCUT2D eigenvalue weighted by Crippen LogP contribution is -2.35. The number of anilines is 1. The van der Waals surface area contributed by atoms with Crippen LogP contribution in [-0.2, 0) is 22.7 Å². The molecule has 0 fully saturated rings. The Hall–Kier alpha value is -3.22. The smallest absolute Gasteiger partial charge is 0.228 e. The van der Waals surface area contributed by atoms with Crippen LogP contribution in [0.1, 0.15) is 30.7 Å². The van der Waals surface area contributed by atoms with Crippen LogP contribution in [0.25, 0.3) is 11.0 Å². The number of nitrogens with zero attached hydrogens (tertiary/aromatic N) is 2. The minimum Gasteiger partial charge on any atom is -0.348 e. The molecular weight excluding hydrogens is 347 g/mol. The van der Waals surface area contributed by atoms with Crippen molar-refractivity contribution < 1.29 is 14.0 Å². The Morgan fingerprint density at radius 1 is 1.33 bits per heavy atom. The van der Waals surface area contributed by atoms with Crippen LogP contribution in [0.5, 0.6) is 0 Å². The molecule has 3 aromatic rings. The van der Waals surface area contributed by atoms with Crippen molar-refractivity contribution in [2.24, 2.45) is 0 Å². The largest absolute Gasteiger partial charge is 0.348 e. The summed E-state index contributed by atoms with van der Waals surface area (Å²) in [7, 11) is 0. The first kappa shape index (κ1) is 17.2. The van der Waals surface area contributed by atoms with E-state index in [1.165, 1.54) is 12.1 Å². The molecule has 0 aliphatic carbocycles. The Bertz CT molecular complexity index is 1040. The quantitative estimate of drug-likeness (QED) is 0.745. The van der Waals surface area contributed by atoms with Crippen LogP contribution in [0, 0.1) is 5.82 Å². The lowest BCUT2D eigenvalue weighted by molar-refractivity contribution is -0.126. The summed E-state index contributed by atoms with van der Waals surface area (Å²) in [5, 5.41) is 5.50. The van der Waals surface area contributed by atoms with E-state index >= 15 is 0 Å². The van der Waals surface area contributed by atoms with Gasteiger partial charge in [-0.05, 0) is 36.8 Å². The van der Waals surface area contributed by atoms with Crippen LogP contribution in [0.4, 0.5) is 10.1 Å². The minimum atomic E-state index is -0.645. The molecule has 2 aromatic carbocycles. The Morgan fingerprint density at radius 2 is 2.15 bits per heavy atom. The van der Waals surface area contributed by atoms with E-state index in [4.69, 9.17) is 0 Å². The normalized spacial score (nSPS) is 16.1. The summed E-state index contributed by atoms with van der Waals surface area (Å²) in [4.78, 5) is 29.3. The van der Waals surface area contributed by atoms with E-state index in [1.807, 2.05) is 35.8 Å². The van der Waals surface area contributed by atoms with Crippen molar-refractivity contribution in [3.63, 3.8) is 0 Å². The molecule has 1 aliphatic rings. The zero-order valence-corrected chi connectivity index (χ0v) is 14.8. The van der Waals surface area contributed by atoms with Crippen molar-refractivity contribution in [2.45, 2.75) is 32.4 Å². The summed E-state index contributed by atoms with van der Waals surface area (Å²) in [6.07, 6.45) is 0.0364. The summed E-state index contributed by atoms with van der Waals surface area (Å²) in [6.45, 7) is 3.02. The number of aryl methyl sites for hydroxylation is 1. The van der Waals surface area contributed by atoms with Crippen LogP contribution in [0.2, 0.25) is 0 Å². The number of nitrogens with one attached hydrogen (secondary N) is 2. The van der Waals surface area contributed by atoms with Gasteiger partial charge >= 0.3 is 0 Å². The van der Waals surface area contributed by atoms with Crippen molar-refractivity contribution in [3.8, 4) is 0 Å². The third-order valence-electron chi connectivity index (χ3n) is 4.84. The van der Waals surface area contributed by atoms with Crippen molar-refractivity contribution >= 4 is 28.5 Å². The fourth-order valence-corrected chi connectivity index (χ4v) is 3.57. The molecule has 1 aromatic heterocycles. The van der Waals surface area contributed by atoms with Crippen molar-refractivity contribution in [3.05, 3.63) is 59.7 Å². The number of benzene rings is 2. The molecule has 4 rings (SSSR count). The molecule has 0 saturated heterocycles. The lowest BCUT2D eigenvalue weighted by atomic mass is 9.89. The molecule has 138 valence electrons. The molecule has 0 bridgehead atoms. The highest BCUT2D eigenvalue weighted by atomic mass is 19.1. The standard InChI is InChI=1S/C20H19FN4O2/c1-2-25-17-6-4-3-5-15(17)23-18(25)11-22-20(27)14-10-19(26)24-16-9-12(21)7-8-13(14)16/h3-9,14H,2,10-11H2,1H3,(H,22,27)(H,24,26)/t14-/m1/s1. The monoisotopic (exact) mass is 366 g/mol. The number of carbonyl (C=O) groups is 2. The topological polar surface area (TPSA) is 76.0 Å². The Kier molecular flexibility index (Phi) is 4.35. The maximum atomic E-state index is 13.4. The third-order valence-corrected chi connectivity index (χ3v) is 4.84. The number of para-hydroxylation sites is 2. The summed E-state index contributed by atoms with van der Waals surface area (Å²) in [5.41, 5.74) is 2.87. The SMILES string of the molecule is CCn1c(CNC(=O)[C@@H]2CC(=O)Nc3cc(F)ccc32)nc2ccccc21. The van der Waals surface area contributed by atoms with Crippen LogP contribution in [0.3, 0.4) is 0 Å². The first-order valence-electron chi connectivity index (χ1n) is 8.88. The Labute approximate surface area is 155 Å². The van der Waals surface area contributed by atoms with Crippen LogP contribution in [0.15, 0.2) is 42.5 Å². The number of hydrogen-bond donors (Lipinski definition) is 2. The average Bonchev–Trinajstić information content (AvgIpc) is 3.02. The molecule has 6 nitrogen and oxygen atoms in total. The van der Waals surface area contributed by atoms with E-state index < -0.39 is 11.7 Å². The van der Waals surface area contributed by atoms with Gasteiger partial charge in [-0.3, -0.25) is 9.59 Å². The van der Waals surface area contributed by atoms with Gasteiger partial charge in [0.2, 0.25) is 11.8 Å². The lowest BCUT2D eigenvalue weighted by Gasteiger charge is -2.24. The molecule has 0 radical (unpaired) electrons.